The zero-order valence-electron chi connectivity index (χ0n) is 10.7. The highest BCUT2D eigenvalue weighted by Gasteiger charge is 2.16. The Balaban J connectivity index is 2.05. The molecule has 5 nitrogen and oxygen atoms in total. The fraction of sp³-hybridized carbons (Fsp3) is 0.462. The van der Waals surface area contributed by atoms with Gasteiger partial charge in [0.15, 0.2) is 11.5 Å². The molecule has 0 saturated carbocycles. The zero-order chi connectivity index (χ0) is 13.8. The van der Waals surface area contributed by atoms with Gasteiger partial charge in [0.2, 0.25) is 5.91 Å². The normalized spacial score (nSPS) is 14.9. The third kappa shape index (κ3) is 3.75. The topological polar surface area (TPSA) is 73.6 Å². The van der Waals surface area contributed by atoms with Crippen molar-refractivity contribution >= 4 is 23.2 Å². The highest BCUT2D eigenvalue weighted by atomic mass is 35.5. The molecule has 1 aromatic rings. The van der Waals surface area contributed by atoms with Crippen LogP contribution < -0.4 is 20.5 Å². The average Bonchev–Trinajstić information content (AvgIpc) is 2.37. The van der Waals surface area contributed by atoms with Gasteiger partial charge in [-0.1, -0.05) is 11.6 Å². The van der Waals surface area contributed by atoms with Crippen molar-refractivity contribution in [1.82, 2.24) is 0 Å². The van der Waals surface area contributed by atoms with Crippen molar-refractivity contribution in [3.05, 3.63) is 17.2 Å². The monoisotopic (exact) mass is 284 g/mol. The molecule has 1 unspecified atom stereocenters. The lowest BCUT2D eigenvalue weighted by atomic mass is 10.2. The first kappa shape index (κ1) is 14.0. The van der Waals surface area contributed by atoms with Gasteiger partial charge in [-0.3, -0.25) is 4.79 Å². The number of nitrogens with one attached hydrogen (secondary N) is 1. The summed E-state index contributed by atoms with van der Waals surface area (Å²) < 4.78 is 10.8. The van der Waals surface area contributed by atoms with E-state index in [4.69, 9.17) is 26.8 Å². The largest absolute Gasteiger partial charge is 0.486 e. The summed E-state index contributed by atoms with van der Waals surface area (Å²) >= 11 is 6.09. The van der Waals surface area contributed by atoms with Gasteiger partial charge in [-0.05, 0) is 13.3 Å². The quantitative estimate of drug-likeness (QED) is 0.889. The number of hydrogen-bond donors (Lipinski definition) is 2. The molecule has 1 heterocycles. The Morgan fingerprint density at radius 3 is 2.68 bits per heavy atom. The molecule has 104 valence electrons. The van der Waals surface area contributed by atoms with Crippen molar-refractivity contribution in [2.75, 3.05) is 18.5 Å². The van der Waals surface area contributed by atoms with Crippen LogP contribution in [-0.2, 0) is 4.79 Å². The molecule has 0 spiro atoms. The van der Waals surface area contributed by atoms with E-state index in [2.05, 4.69) is 5.32 Å². The molecule has 1 aliphatic rings. The summed E-state index contributed by atoms with van der Waals surface area (Å²) in [6, 6.07) is 3.33. The number of halogens is 1. The van der Waals surface area contributed by atoms with E-state index in [9.17, 15) is 4.79 Å². The second kappa shape index (κ2) is 6.12. The van der Waals surface area contributed by atoms with E-state index in [1.54, 1.807) is 12.1 Å². The van der Waals surface area contributed by atoms with Crippen LogP contribution in [0.2, 0.25) is 5.02 Å². The summed E-state index contributed by atoms with van der Waals surface area (Å²) in [6.07, 6.45) is 0.996. The molecule has 6 heteroatoms. The highest BCUT2D eigenvalue weighted by molar-refractivity contribution is 6.34. The first-order valence-electron chi connectivity index (χ1n) is 6.21. The van der Waals surface area contributed by atoms with Crippen molar-refractivity contribution in [3.8, 4) is 11.5 Å². The van der Waals surface area contributed by atoms with E-state index < -0.39 is 0 Å². The second-order valence-corrected chi connectivity index (χ2v) is 4.95. The molecule has 0 bridgehead atoms. The molecule has 0 aliphatic carbocycles. The summed E-state index contributed by atoms with van der Waals surface area (Å²) in [7, 11) is 0. The van der Waals surface area contributed by atoms with Crippen molar-refractivity contribution in [2.24, 2.45) is 5.73 Å². The molecule has 0 aromatic heterocycles. The number of ether oxygens (including phenoxy) is 2. The minimum Gasteiger partial charge on any atom is -0.486 e. The number of carbonyl (C=O) groups is 1. The Hall–Kier alpha value is -1.46. The summed E-state index contributed by atoms with van der Waals surface area (Å²) in [5.74, 6) is 1.08. The molecule has 1 aromatic carbocycles. The second-order valence-electron chi connectivity index (χ2n) is 4.54. The summed E-state index contributed by atoms with van der Waals surface area (Å²) in [5, 5.41) is 3.18. The van der Waals surface area contributed by atoms with Gasteiger partial charge < -0.3 is 20.5 Å². The van der Waals surface area contributed by atoms with E-state index in [1.165, 1.54) is 0 Å². The summed E-state index contributed by atoms with van der Waals surface area (Å²) in [4.78, 5) is 11.7. The Kier molecular flexibility index (Phi) is 4.50. The SMILES string of the molecule is CC(N)CCC(=O)Nc1cc2c(cc1Cl)OCCO2. The smallest absolute Gasteiger partial charge is 0.224 e. The lowest BCUT2D eigenvalue weighted by Gasteiger charge is -2.20. The van der Waals surface area contributed by atoms with Gasteiger partial charge in [0, 0.05) is 24.6 Å². The Morgan fingerprint density at radius 1 is 1.42 bits per heavy atom. The summed E-state index contributed by atoms with van der Waals surface area (Å²) in [5.41, 5.74) is 6.14. The third-order valence-electron chi connectivity index (χ3n) is 2.73. The average molecular weight is 285 g/mol. The molecule has 0 fully saturated rings. The maximum Gasteiger partial charge on any atom is 0.224 e. The minimum absolute atomic E-state index is 0.00138. The molecule has 1 aliphatic heterocycles. The van der Waals surface area contributed by atoms with E-state index in [-0.39, 0.29) is 11.9 Å². The van der Waals surface area contributed by atoms with Crippen LogP contribution in [0.1, 0.15) is 19.8 Å². The van der Waals surface area contributed by atoms with Gasteiger partial charge in [0.25, 0.3) is 0 Å². The fourth-order valence-corrected chi connectivity index (χ4v) is 1.93. The number of amides is 1. The van der Waals surface area contributed by atoms with Crippen molar-refractivity contribution in [3.63, 3.8) is 0 Å². The molecule has 2 rings (SSSR count). The van der Waals surface area contributed by atoms with Crippen LogP contribution in [0, 0.1) is 0 Å². The molecule has 0 radical (unpaired) electrons. The Labute approximate surface area is 117 Å². The highest BCUT2D eigenvalue weighted by Crippen LogP contribution is 2.37. The predicted molar refractivity (Wildman–Crippen MR) is 74.0 cm³/mol. The number of hydrogen-bond acceptors (Lipinski definition) is 4. The van der Waals surface area contributed by atoms with E-state index in [0.29, 0.717) is 48.3 Å². The summed E-state index contributed by atoms with van der Waals surface area (Å²) in [6.45, 7) is 2.86. The standard InChI is InChI=1S/C13H17ClN2O3/c1-8(15)2-3-13(17)16-10-7-12-11(6-9(10)14)18-4-5-19-12/h6-8H,2-5,15H2,1H3,(H,16,17). The number of nitrogens with two attached hydrogens (primary N) is 1. The van der Waals surface area contributed by atoms with Gasteiger partial charge in [0.05, 0.1) is 10.7 Å². The first-order valence-corrected chi connectivity index (χ1v) is 6.58. The molecular weight excluding hydrogens is 268 g/mol. The number of fused-ring (bicyclic) bond motifs is 1. The van der Waals surface area contributed by atoms with Crippen molar-refractivity contribution < 1.29 is 14.3 Å². The van der Waals surface area contributed by atoms with Gasteiger partial charge >= 0.3 is 0 Å². The van der Waals surface area contributed by atoms with Crippen molar-refractivity contribution in [2.45, 2.75) is 25.8 Å². The maximum absolute atomic E-state index is 11.7. The lowest BCUT2D eigenvalue weighted by molar-refractivity contribution is -0.116. The lowest BCUT2D eigenvalue weighted by Crippen LogP contribution is -2.20. The maximum atomic E-state index is 11.7. The van der Waals surface area contributed by atoms with Crippen LogP contribution in [-0.4, -0.2) is 25.2 Å². The minimum atomic E-state index is -0.115. The van der Waals surface area contributed by atoms with Gasteiger partial charge in [-0.2, -0.15) is 0 Å². The van der Waals surface area contributed by atoms with Crippen LogP contribution in [0.5, 0.6) is 11.5 Å². The molecule has 1 amide bonds. The van der Waals surface area contributed by atoms with Crippen LogP contribution >= 0.6 is 11.6 Å². The molecule has 3 N–H and O–H groups in total. The molecule has 19 heavy (non-hydrogen) atoms. The van der Waals surface area contributed by atoms with Crippen molar-refractivity contribution in [1.29, 1.82) is 0 Å². The molecular formula is C13H17ClN2O3. The van der Waals surface area contributed by atoms with Gasteiger partial charge in [0.1, 0.15) is 13.2 Å². The van der Waals surface area contributed by atoms with Gasteiger partial charge in [-0.25, -0.2) is 0 Å². The number of anilines is 1. The Bertz CT molecular complexity index is 477. The first-order chi connectivity index (χ1) is 9.06. The Morgan fingerprint density at radius 2 is 2.05 bits per heavy atom. The van der Waals surface area contributed by atoms with Crippen LogP contribution in [0.3, 0.4) is 0 Å². The van der Waals surface area contributed by atoms with Crippen LogP contribution in [0.15, 0.2) is 12.1 Å². The zero-order valence-corrected chi connectivity index (χ0v) is 11.5. The van der Waals surface area contributed by atoms with E-state index in [1.807, 2.05) is 6.92 Å². The number of benzene rings is 1. The van der Waals surface area contributed by atoms with E-state index in [0.717, 1.165) is 0 Å². The number of rotatable bonds is 4. The van der Waals surface area contributed by atoms with Gasteiger partial charge in [-0.15, -0.1) is 0 Å². The van der Waals surface area contributed by atoms with Crippen LogP contribution in [0.4, 0.5) is 5.69 Å². The van der Waals surface area contributed by atoms with Crippen LogP contribution in [0.25, 0.3) is 0 Å². The number of carbonyl (C=O) groups excluding carboxylic acids is 1. The molecule has 1 atom stereocenters. The van der Waals surface area contributed by atoms with E-state index >= 15 is 0 Å². The fourth-order valence-electron chi connectivity index (χ4n) is 1.73. The third-order valence-corrected chi connectivity index (χ3v) is 3.05. The molecule has 0 saturated heterocycles. The predicted octanol–water partition coefficient (Wildman–Crippen LogP) is 2.18.